The summed E-state index contributed by atoms with van der Waals surface area (Å²) in [6.45, 7) is 0. The Morgan fingerprint density at radius 3 is 2.83 bits per heavy atom. The van der Waals surface area contributed by atoms with Gasteiger partial charge < -0.3 is 5.73 Å². The molecule has 0 fully saturated rings. The Balaban J connectivity index is 2.36. The Labute approximate surface area is 110 Å². The Morgan fingerprint density at radius 2 is 2.06 bits per heavy atom. The lowest BCUT2D eigenvalue weighted by atomic mass is 10.3. The lowest BCUT2D eigenvalue weighted by molar-refractivity contribution is 0.619. The monoisotopic (exact) mass is 306 g/mol. The van der Waals surface area contributed by atoms with Crippen molar-refractivity contribution in [1.29, 1.82) is 0 Å². The summed E-state index contributed by atoms with van der Waals surface area (Å²) in [5.41, 5.74) is 7.32. The molecule has 2 aromatic heterocycles. The quantitative estimate of drug-likeness (QED) is 0.752. The van der Waals surface area contributed by atoms with Crippen LogP contribution in [0.1, 0.15) is 0 Å². The number of hydrogen-bond donors (Lipinski definition) is 1. The van der Waals surface area contributed by atoms with Gasteiger partial charge in [0.15, 0.2) is 5.65 Å². The Hall–Kier alpha value is -1.95. The molecule has 4 nitrogen and oxygen atoms in total. The number of nitrogens with two attached hydrogens (primary N) is 1. The van der Waals surface area contributed by atoms with Crippen molar-refractivity contribution in [3.8, 4) is 5.69 Å². The van der Waals surface area contributed by atoms with Gasteiger partial charge in [-0.2, -0.15) is 0 Å². The normalized spacial score (nSPS) is 11.0. The number of para-hydroxylation sites is 1. The molecule has 2 heterocycles. The first-order valence-electron chi connectivity index (χ1n) is 5.21. The fraction of sp³-hybridized carbons (Fsp3) is 0. The number of halogens is 2. The summed E-state index contributed by atoms with van der Waals surface area (Å²) in [7, 11) is 0. The third-order valence-electron chi connectivity index (χ3n) is 2.58. The number of nitrogen functional groups attached to an aromatic ring is 1. The topological polar surface area (TPSA) is 56.7 Å². The largest absolute Gasteiger partial charge is 0.369 e. The van der Waals surface area contributed by atoms with E-state index in [9.17, 15) is 4.39 Å². The van der Waals surface area contributed by atoms with Crippen molar-refractivity contribution < 1.29 is 4.39 Å². The summed E-state index contributed by atoms with van der Waals surface area (Å²) < 4.78 is 16.1. The number of benzene rings is 1. The van der Waals surface area contributed by atoms with Crippen molar-refractivity contribution in [2.45, 2.75) is 0 Å². The molecule has 0 atom stereocenters. The maximum atomic E-state index is 13.8. The highest BCUT2D eigenvalue weighted by Crippen LogP contribution is 2.24. The molecule has 2 N–H and O–H groups in total. The van der Waals surface area contributed by atoms with E-state index in [1.807, 2.05) is 0 Å². The summed E-state index contributed by atoms with van der Waals surface area (Å²) in [4.78, 5) is 8.40. The van der Waals surface area contributed by atoms with Crippen LogP contribution < -0.4 is 5.73 Å². The van der Waals surface area contributed by atoms with E-state index in [0.717, 1.165) is 4.47 Å². The van der Waals surface area contributed by atoms with E-state index in [4.69, 9.17) is 5.73 Å². The SMILES string of the molecule is Nc1nc2cc(Br)cnc2n1-c1ccccc1F. The number of hydrogen-bond acceptors (Lipinski definition) is 3. The zero-order valence-corrected chi connectivity index (χ0v) is 10.7. The molecular formula is C12H8BrFN4. The average molecular weight is 307 g/mol. The lowest BCUT2D eigenvalue weighted by Gasteiger charge is -2.06. The molecule has 0 amide bonds. The van der Waals surface area contributed by atoms with Crippen molar-refractivity contribution in [3.63, 3.8) is 0 Å². The van der Waals surface area contributed by atoms with Crippen LogP contribution in [0.15, 0.2) is 41.0 Å². The number of imidazole rings is 1. The smallest absolute Gasteiger partial charge is 0.207 e. The van der Waals surface area contributed by atoms with Crippen molar-refractivity contribution in [3.05, 3.63) is 46.8 Å². The van der Waals surface area contributed by atoms with Crippen LogP contribution in [-0.2, 0) is 0 Å². The fourth-order valence-electron chi connectivity index (χ4n) is 1.83. The zero-order valence-electron chi connectivity index (χ0n) is 9.14. The van der Waals surface area contributed by atoms with Gasteiger partial charge in [0.25, 0.3) is 0 Å². The van der Waals surface area contributed by atoms with Crippen molar-refractivity contribution in [2.75, 3.05) is 5.73 Å². The predicted molar refractivity (Wildman–Crippen MR) is 70.9 cm³/mol. The molecule has 0 aliphatic heterocycles. The third-order valence-corrected chi connectivity index (χ3v) is 3.02. The first-order valence-corrected chi connectivity index (χ1v) is 6.00. The van der Waals surface area contributed by atoms with Gasteiger partial charge in [0.05, 0.1) is 5.69 Å². The summed E-state index contributed by atoms with van der Waals surface area (Å²) in [6.07, 6.45) is 1.63. The van der Waals surface area contributed by atoms with E-state index < -0.39 is 0 Å². The molecule has 0 saturated carbocycles. The standard InChI is InChI=1S/C12H8BrFN4/c13-7-5-9-11(16-6-7)18(12(15)17-9)10-4-2-1-3-8(10)14/h1-6H,(H2,15,17). The summed E-state index contributed by atoms with van der Waals surface area (Å²) >= 11 is 3.31. The molecule has 3 rings (SSSR count). The van der Waals surface area contributed by atoms with Crippen LogP contribution in [0.3, 0.4) is 0 Å². The van der Waals surface area contributed by atoms with Gasteiger partial charge in [-0.3, -0.25) is 4.57 Å². The summed E-state index contributed by atoms with van der Waals surface area (Å²) in [5.74, 6) is -0.158. The van der Waals surface area contributed by atoms with Crippen LogP contribution in [-0.4, -0.2) is 14.5 Å². The highest BCUT2D eigenvalue weighted by Gasteiger charge is 2.14. The molecule has 0 unspecified atom stereocenters. The predicted octanol–water partition coefficient (Wildman–Crippen LogP) is 2.90. The number of nitrogens with zero attached hydrogens (tertiary/aromatic N) is 3. The second kappa shape index (κ2) is 4.06. The van der Waals surface area contributed by atoms with Gasteiger partial charge in [0.1, 0.15) is 11.3 Å². The van der Waals surface area contributed by atoms with Gasteiger partial charge in [-0.05, 0) is 34.1 Å². The van der Waals surface area contributed by atoms with Crippen LogP contribution in [0.25, 0.3) is 16.9 Å². The van der Waals surface area contributed by atoms with Crippen LogP contribution >= 0.6 is 15.9 Å². The fourth-order valence-corrected chi connectivity index (χ4v) is 2.15. The van der Waals surface area contributed by atoms with E-state index in [0.29, 0.717) is 16.9 Å². The Kier molecular flexibility index (Phi) is 2.52. The Bertz CT molecular complexity index is 738. The molecule has 18 heavy (non-hydrogen) atoms. The zero-order chi connectivity index (χ0) is 12.7. The molecule has 90 valence electrons. The molecule has 1 aromatic carbocycles. The van der Waals surface area contributed by atoms with Gasteiger partial charge in [-0.1, -0.05) is 12.1 Å². The average Bonchev–Trinajstić information content (AvgIpc) is 2.65. The molecule has 6 heteroatoms. The van der Waals surface area contributed by atoms with Gasteiger partial charge >= 0.3 is 0 Å². The van der Waals surface area contributed by atoms with E-state index in [2.05, 4.69) is 25.9 Å². The van der Waals surface area contributed by atoms with Gasteiger partial charge in [0.2, 0.25) is 5.95 Å². The van der Waals surface area contributed by atoms with E-state index >= 15 is 0 Å². The second-order valence-corrected chi connectivity index (χ2v) is 4.67. The molecule has 0 saturated heterocycles. The first kappa shape index (κ1) is 11.2. The molecule has 0 aliphatic rings. The van der Waals surface area contributed by atoms with Gasteiger partial charge in [-0.25, -0.2) is 14.4 Å². The minimum atomic E-state index is -0.367. The molecule has 3 aromatic rings. The van der Waals surface area contributed by atoms with Gasteiger partial charge in [-0.15, -0.1) is 0 Å². The maximum absolute atomic E-state index is 13.8. The highest BCUT2D eigenvalue weighted by atomic mass is 79.9. The van der Waals surface area contributed by atoms with E-state index in [1.165, 1.54) is 10.6 Å². The van der Waals surface area contributed by atoms with Crippen LogP contribution in [0.2, 0.25) is 0 Å². The number of rotatable bonds is 1. The number of anilines is 1. The lowest BCUT2D eigenvalue weighted by Crippen LogP contribution is -2.03. The second-order valence-electron chi connectivity index (χ2n) is 3.75. The van der Waals surface area contributed by atoms with Gasteiger partial charge in [0, 0.05) is 10.7 Å². The molecule has 0 radical (unpaired) electrons. The van der Waals surface area contributed by atoms with Crippen molar-refractivity contribution in [2.24, 2.45) is 0 Å². The minimum Gasteiger partial charge on any atom is -0.369 e. The number of pyridine rings is 1. The number of fused-ring (bicyclic) bond motifs is 1. The maximum Gasteiger partial charge on any atom is 0.207 e. The molecule has 0 bridgehead atoms. The van der Waals surface area contributed by atoms with Crippen LogP contribution in [0, 0.1) is 5.82 Å². The third kappa shape index (κ3) is 1.65. The molecule has 0 aliphatic carbocycles. The Morgan fingerprint density at radius 1 is 1.28 bits per heavy atom. The molecular weight excluding hydrogens is 299 g/mol. The van der Waals surface area contributed by atoms with Crippen LogP contribution in [0.4, 0.5) is 10.3 Å². The van der Waals surface area contributed by atoms with Crippen LogP contribution in [0.5, 0.6) is 0 Å². The summed E-state index contributed by atoms with van der Waals surface area (Å²) in [6, 6.07) is 8.16. The van der Waals surface area contributed by atoms with Crippen molar-refractivity contribution >= 4 is 33.0 Å². The highest BCUT2D eigenvalue weighted by molar-refractivity contribution is 9.10. The summed E-state index contributed by atoms with van der Waals surface area (Å²) in [5, 5.41) is 0. The van der Waals surface area contributed by atoms with E-state index in [-0.39, 0.29) is 11.8 Å². The molecule has 0 spiro atoms. The van der Waals surface area contributed by atoms with E-state index in [1.54, 1.807) is 30.5 Å². The van der Waals surface area contributed by atoms with Crippen molar-refractivity contribution in [1.82, 2.24) is 14.5 Å². The minimum absolute atomic E-state index is 0.209. The number of aromatic nitrogens is 3. The first-order chi connectivity index (χ1) is 8.66.